The fourth-order valence-corrected chi connectivity index (χ4v) is 2.79. The van der Waals surface area contributed by atoms with Crippen LogP contribution in [0, 0.1) is 23.0 Å². The smallest absolute Gasteiger partial charge is 0.314 e. The fourth-order valence-electron chi connectivity index (χ4n) is 2.79. The number of rotatable bonds is 4. The van der Waals surface area contributed by atoms with Crippen LogP contribution in [0.5, 0.6) is 0 Å². The molecule has 104 valence electrons. The van der Waals surface area contributed by atoms with Gasteiger partial charge in [0.1, 0.15) is 0 Å². The summed E-state index contributed by atoms with van der Waals surface area (Å²) in [5, 5.41) is 14.4. The summed E-state index contributed by atoms with van der Waals surface area (Å²) in [4.78, 5) is 14.9. The van der Waals surface area contributed by atoms with E-state index in [9.17, 15) is 10.1 Å². The first-order valence-corrected chi connectivity index (χ1v) is 6.98. The SMILES string of the molecule is CCC1CCC(Nc2nccc(C)c2[N+](=O)[O-])CC1. The molecular weight excluding hydrogens is 242 g/mol. The number of aryl methyl sites for hydroxylation is 1. The number of nitro groups is 1. The molecule has 1 aliphatic rings. The summed E-state index contributed by atoms with van der Waals surface area (Å²) in [5.74, 6) is 1.24. The molecule has 19 heavy (non-hydrogen) atoms. The van der Waals surface area contributed by atoms with Gasteiger partial charge in [-0.25, -0.2) is 4.98 Å². The number of nitrogens with one attached hydrogen (secondary N) is 1. The van der Waals surface area contributed by atoms with E-state index in [1.165, 1.54) is 19.3 Å². The first-order valence-electron chi connectivity index (χ1n) is 6.98. The lowest BCUT2D eigenvalue weighted by molar-refractivity contribution is -0.384. The lowest BCUT2D eigenvalue weighted by atomic mass is 9.84. The van der Waals surface area contributed by atoms with Gasteiger partial charge in [0.15, 0.2) is 0 Å². The molecule has 5 nitrogen and oxygen atoms in total. The first kappa shape index (κ1) is 13.8. The Kier molecular flexibility index (Phi) is 4.35. The van der Waals surface area contributed by atoms with E-state index in [0.717, 1.165) is 18.8 Å². The van der Waals surface area contributed by atoms with Gasteiger partial charge in [-0.15, -0.1) is 0 Å². The normalized spacial score (nSPS) is 23.1. The van der Waals surface area contributed by atoms with Crippen molar-refractivity contribution in [1.29, 1.82) is 0 Å². The molecule has 2 rings (SSSR count). The van der Waals surface area contributed by atoms with Gasteiger partial charge < -0.3 is 5.32 Å². The van der Waals surface area contributed by atoms with Crippen molar-refractivity contribution < 1.29 is 4.92 Å². The van der Waals surface area contributed by atoms with Crippen molar-refractivity contribution in [2.45, 2.75) is 52.0 Å². The number of pyridine rings is 1. The second-order valence-corrected chi connectivity index (χ2v) is 5.35. The van der Waals surface area contributed by atoms with Gasteiger partial charge in [0.2, 0.25) is 5.82 Å². The molecule has 1 heterocycles. The minimum Gasteiger partial charge on any atom is -0.362 e. The van der Waals surface area contributed by atoms with E-state index < -0.39 is 0 Å². The van der Waals surface area contributed by atoms with Gasteiger partial charge >= 0.3 is 5.69 Å². The van der Waals surface area contributed by atoms with Gasteiger partial charge in [-0.2, -0.15) is 0 Å². The molecule has 0 aromatic carbocycles. The predicted octanol–water partition coefficient (Wildman–Crippen LogP) is 3.68. The second-order valence-electron chi connectivity index (χ2n) is 5.35. The summed E-state index contributed by atoms with van der Waals surface area (Å²) in [7, 11) is 0. The van der Waals surface area contributed by atoms with Gasteiger partial charge in [-0.3, -0.25) is 10.1 Å². The molecule has 1 fully saturated rings. The van der Waals surface area contributed by atoms with Crippen LogP contribution in [0.2, 0.25) is 0 Å². The van der Waals surface area contributed by atoms with Gasteiger partial charge in [-0.05, 0) is 44.6 Å². The fraction of sp³-hybridized carbons (Fsp3) is 0.643. The Hall–Kier alpha value is -1.65. The van der Waals surface area contributed by atoms with Crippen molar-refractivity contribution >= 4 is 11.5 Å². The number of hydrogen-bond acceptors (Lipinski definition) is 4. The van der Waals surface area contributed by atoms with Gasteiger partial charge in [-0.1, -0.05) is 13.3 Å². The summed E-state index contributed by atoms with van der Waals surface area (Å²) < 4.78 is 0. The molecule has 1 aromatic rings. The van der Waals surface area contributed by atoms with Gasteiger partial charge in [0, 0.05) is 17.8 Å². The Labute approximate surface area is 113 Å². The van der Waals surface area contributed by atoms with E-state index in [1.54, 1.807) is 19.2 Å². The van der Waals surface area contributed by atoms with E-state index in [1.807, 2.05) is 0 Å². The summed E-state index contributed by atoms with van der Waals surface area (Å²) in [6, 6.07) is 1.99. The van der Waals surface area contributed by atoms with Crippen molar-refractivity contribution in [1.82, 2.24) is 4.98 Å². The highest BCUT2D eigenvalue weighted by molar-refractivity contribution is 5.60. The largest absolute Gasteiger partial charge is 0.362 e. The lowest BCUT2D eigenvalue weighted by Gasteiger charge is -2.28. The minimum absolute atomic E-state index is 0.111. The molecule has 0 unspecified atom stereocenters. The molecule has 1 saturated carbocycles. The molecule has 0 atom stereocenters. The summed E-state index contributed by atoms with van der Waals surface area (Å²) in [6.45, 7) is 3.98. The minimum atomic E-state index is -0.345. The predicted molar refractivity (Wildman–Crippen MR) is 75.3 cm³/mol. The number of hydrogen-bond donors (Lipinski definition) is 1. The van der Waals surface area contributed by atoms with Crippen LogP contribution in [0.15, 0.2) is 12.3 Å². The molecule has 5 heteroatoms. The van der Waals surface area contributed by atoms with Crippen LogP contribution < -0.4 is 5.32 Å². The zero-order valence-electron chi connectivity index (χ0n) is 11.6. The lowest BCUT2D eigenvalue weighted by Crippen LogP contribution is -2.26. The van der Waals surface area contributed by atoms with Crippen molar-refractivity contribution in [3.05, 3.63) is 27.9 Å². The maximum atomic E-state index is 11.1. The van der Waals surface area contributed by atoms with Gasteiger partial charge in [0.25, 0.3) is 0 Å². The third-order valence-electron chi connectivity index (χ3n) is 4.07. The van der Waals surface area contributed by atoms with Crippen molar-refractivity contribution in [3.63, 3.8) is 0 Å². The molecule has 0 spiro atoms. The van der Waals surface area contributed by atoms with Crippen LogP contribution >= 0.6 is 0 Å². The third kappa shape index (κ3) is 3.22. The Morgan fingerprint density at radius 2 is 2.11 bits per heavy atom. The average Bonchev–Trinajstić information content (AvgIpc) is 2.39. The van der Waals surface area contributed by atoms with Crippen LogP contribution in [0.4, 0.5) is 11.5 Å². The quantitative estimate of drug-likeness (QED) is 0.664. The second kappa shape index (κ2) is 5.99. The van der Waals surface area contributed by atoms with Crippen molar-refractivity contribution in [3.8, 4) is 0 Å². The summed E-state index contributed by atoms with van der Waals surface area (Å²) >= 11 is 0. The van der Waals surface area contributed by atoms with Crippen LogP contribution in [0.1, 0.15) is 44.6 Å². The van der Waals surface area contributed by atoms with Crippen LogP contribution in [-0.4, -0.2) is 15.9 Å². The highest BCUT2D eigenvalue weighted by Gasteiger charge is 2.24. The van der Waals surface area contributed by atoms with Crippen LogP contribution in [0.3, 0.4) is 0 Å². The zero-order chi connectivity index (χ0) is 13.8. The molecule has 0 saturated heterocycles. The summed E-state index contributed by atoms with van der Waals surface area (Å²) in [6.07, 6.45) is 7.41. The highest BCUT2D eigenvalue weighted by Crippen LogP contribution is 2.31. The van der Waals surface area contributed by atoms with Crippen molar-refractivity contribution in [2.75, 3.05) is 5.32 Å². The number of anilines is 1. The van der Waals surface area contributed by atoms with Crippen molar-refractivity contribution in [2.24, 2.45) is 5.92 Å². The summed E-state index contributed by atoms with van der Waals surface area (Å²) in [5.41, 5.74) is 0.768. The van der Waals surface area contributed by atoms with E-state index in [0.29, 0.717) is 17.4 Å². The molecule has 1 aliphatic carbocycles. The third-order valence-corrected chi connectivity index (χ3v) is 4.07. The molecule has 1 aromatic heterocycles. The maximum absolute atomic E-state index is 11.1. The highest BCUT2D eigenvalue weighted by atomic mass is 16.6. The molecule has 0 bridgehead atoms. The standard InChI is InChI=1S/C14H21N3O2/c1-3-11-4-6-12(7-5-11)16-14-13(17(18)19)10(2)8-9-15-14/h8-9,11-12H,3-7H2,1-2H3,(H,15,16). The van der Waals surface area contributed by atoms with E-state index >= 15 is 0 Å². The Bertz CT molecular complexity index is 454. The molecule has 0 amide bonds. The molecular formula is C14H21N3O2. The zero-order valence-corrected chi connectivity index (χ0v) is 11.6. The van der Waals surface area contributed by atoms with Crippen LogP contribution in [0.25, 0.3) is 0 Å². The Morgan fingerprint density at radius 1 is 1.42 bits per heavy atom. The van der Waals surface area contributed by atoms with Crippen LogP contribution in [-0.2, 0) is 0 Å². The monoisotopic (exact) mass is 263 g/mol. The average molecular weight is 263 g/mol. The van der Waals surface area contributed by atoms with Gasteiger partial charge in [0.05, 0.1) is 4.92 Å². The first-order chi connectivity index (χ1) is 9.11. The maximum Gasteiger partial charge on any atom is 0.314 e. The van der Waals surface area contributed by atoms with E-state index in [4.69, 9.17) is 0 Å². The molecule has 0 aliphatic heterocycles. The number of nitrogens with zero attached hydrogens (tertiary/aromatic N) is 2. The Balaban J connectivity index is 2.08. The molecule has 0 radical (unpaired) electrons. The van der Waals surface area contributed by atoms with E-state index in [2.05, 4.69) is 17.2 Å². The number of aromatic nitrogens is 1. The Morgan fingerprint density at radius 3 is 2.68 bits per heavy atom. The molecule has 1 N–H and O–H groups in total. The topological polar surface area (TPSA) is 68.1 Å². The van der Waals surface area contributed by atoms with E-state index in [-0.39, 0.29) is 10.6 Å².